The van der Waals surface area contributed by atoms with Crippen molar-refractivity contribution in [1.82, 2.24) is 0 Å². The second-order valence-electron chi connectivity index (χ2n) is 21.6. The third kappa shape index (κ3) is 3.91. The minimum atomic E-state index is -0.0786. The van der Waals surface area contributed by atoms with E-state index in [9.17, 15) is 0 Å². The van der Waals surface area contributed by atoms with Gasteiger partial charge in [0.25, 0.3) is 0 Å². The molecule has 6 aromatic rings. The molecule has 4 fully saturated rings. The Morgan fingerprint density at radius 2 is 1.09 bits per heavy atom. The fourth-order valence-corrected chi connectivity index (χ4v) is 15.4. The molecule has 0 aromatic heterocycles. The van der Waals surface area contributed by atoms with Gasteiger partial charge in [0.05, 0.1) is 0 Å². The van der Waals surface area contributed by atoms with Crippen molar-refractivity contribution in [2.75, 3.05) is 4.90 Å². The average molecular weight is 754 g/mol. The predicted molar refractivity (Wildman–Crippen MR) is 240 cm³/mol. The van der Waals surface area contributed by atoms with Crippen LogP contribution in [0.1, 0.15) is 113 Å². The van der Waals surface area contributed by atoms with E-state index in [1.807, 2.05) is 0 Å². The lowest BCUT2D eigenvalue weighted by Gasteiger charge is -2.76. The van der Waals surface area contributed by atoms with Crippen molar-refractivity contribution in [3.63, 3.8) is 0 Å². The number of rotatable bonds is 4. The molecular weight excluding hydrogens is 699 g/mol. The van der Waals surface area contributed by atoms with Gasteiger partial charge in [-0.3, -0.25) is 0 Å². The SMILES string of the molecule is CC1(C)CCC(C)(C)c2cc(N(c3ccc4c(c3)-c3c(-c5ccccc5)cccc3C43C4CC5CC6CC3C64C5)c3ccc4c(c3)C(C)(C)c3ccccc3-4)ccc21. The zero-order valence-electron chi connectivity index (χ0n) is 35.1. The van der Waals surface area contributed by atoms with Crippen LogP contribution in [-0.4, -0.2) is 0 Å². The van der Waals surface area contributed by atoms with Crippen molar-refractivity contribution in [3.05, 3.63) is 161 Å². The Kier molecular flexibility index (Phi) is 6.36. The lowest BCUT2D eigenvalue weighted by molar-refractivity contribution is -0.231. The van der Waals surface area contributed by atoms with Crippen LogP contribution in [0.4, 0.5) is 17.1 Å². The minimum Gasteiger partial charge on any atom is -0.310 e. The molecule has 0 saturated heterocycles. The van der Waals surface area contributed by atoms with Gasteiger partial charge in [-0.1, -0.05) is 133 Å². The molecule has 6 atom stereocenters. The van der Waals surface area contributed by atoms with Gasteiger partial charge < -0.3 is 4.90 Å². The molecule has 0 heterocycles. The Labute approximate surface area is 345 Å². The van der Waals surface area contributed by atoms with E-state index < -0.39 is 0 Å². The molecule has 7 aliphatic carbocycles. The molecular formula is C57H55N. The smallest absolute Gasteiger partial charge is 0.0468 e. The molecule has 2 spiro atoms. The second-order valence-corrected chi connectivity index (χ2v) is 21.6. The Morgan fingerprint density at radius 1 is 0.466 bits per heavy atom. The Bertz CT molecular complexity index is 2760. The summed E-state index contributed by atoms with van der Waals surface area (Å²) in [5.74, 6) is 3.47. The van der Waals surface area contributed by atoms with Gasteiger partial charge in [0.15, 0.2) is 0 Å². The highest BCUT2D eigenvalue weighted by atomic mass is 15.1. The number of hydrogen-bond acceptors (Lipinski definition) is 1. The van der Waals surface area contributed by atoms with Gasteiger partial charge in [0, 0.05) is 27.9 Å². The first-order chi connectivity index (χ1) is 27.9. The van der Waals surface area contributed by atoms with Crippen LogP contribution in [0, 0.1) is 29.1 Å². The first-order valence-corrected chi connectivity index (χ1v) is 22.5. The van der Waals surface area contributed by atoms with Crippen LogP contribution in [0.3, 0.4) is 0 Å². The summed E-state index contributed by atoms with van der Waals surface area (Å²) < 4.78 is 0. The molecule has 0 N–H and O–H groups in total. The lowest BCUT2D eigenvalue weighted by Crippen LogP contribution is -2.73. The van der Waals surface area contributed by atoms with E-state index in [1.54, 1.807) is 11.1 Å². The van der Waals surface area contributed by atoms with E-state index in [-0.39, 0.29) is 21.7 Å². The third-order valence-electron chi connectivity index (χ3n) is 18.0. The molecule has 4 saturated carbocycles. The third-order valence-corrected chi connectivity index (χ3v) is 18.0. The van der Waals surface area contributed by atoms with Gasteiger partial charge in [0.2, 0.25) is 0 Å². The molecule has 0 radical (unpaired) electrons. The summed E-state index contributed by atoms with van der Waals surface area (Å²) >= 11 is 0. The maximum absolute atomic E-state index is 2.63. The van der Waals surface area contributed by atoms with Crippen LogP contribution in [0.25, 0.3) is 33.4 Å². The molecule has 1 nitrogen and oxygen atoms in total. The summed E-state index contributed by atoms with van der Waals surface area (Å²) in [6.07, 6.45) is 8.25. The van der Waals surface area contributed by atoms with Crippen molar-refractivity contribution >= 4 is 17.1 Å². The monoisotopic (exact) mass is 753 g/mol. The van der Waals surface area contributed by atoms with E-state index >= 15 is 0 Å². The average Bonchev–Trinajstić information content (AvgIpc) is 3.92. The van der Waals surface area contributed by atoms with Crippen LogP contribution in [0.5, 0.6) is 0 Å². The van der Waals surface area contributed by atoms with Crippen molar-refractivity contribution in [2.24, 2.45) is 29.1 Å². The summed E-state index contributed by atoms with van der Waals surface area (Å²) in [7, 11) is 0. The van der Waals surface area contributed by atoms with Gasteiger partial charge in [-0.2, -0.15) is 0 Å². The topological polar surface area (TPSA) is 3.24 Å². The summed E-state index contributed by atoms with van der Waals surface area (Å²) in [6, 6.07) is 50.3. The van der Waals surface area contributed by atoms with Crippen molar-refractivity contribution < 1.29 is 0 Å². The van der Waals surface area contributed by atoms with E-state index in [1.165, 1.54) is 111 Å². The molecule has 288 valence electrons. The van der Waals surface area contributed by atoms with Crippen LogP contribution < -0.4 is 4.90 Å². The van der Waals surface area contributed by atoms with Gasteiger partial charge >= 0.3 is 0 Å². The fourth-order valence-electron chi connectivity index (χ4n) is 15.4. The Hall–Kier alpha value is -4.88. The van der Waals surface area contributed by atoms with Crippen LogP contribution in [-0.2, 0) is 21.7 Å². The first kappa shape index (κ1) is 34.0. The van der Waals surface area contributed by atoms with Crippen LogP contribution in [0.2, 0.25) is 0 Å². The van der Waals surface area contributed by atoms with Crippen molar-refractivity contribution in [1.29, 1.82) is 0 Å². The summed E-state index contributed by atoms with van der Waals surface area (Å²) in [4.78, 5) is 2.62. The van der Waals surface area contributed by atoms with Crippen LogP contribution >= 0.6 is 0 Å². The highest BCUT2D eigenvalue weighted by molar-refractivity contribution is 5.96. The predicted octanol–water partition coefficient (Wildman–Crippen LogP) is 14.8. The summed E-state index contributed by atoms with van der Waals surface area (Å²) in [6.45, 7) is 14.7. The van der Waals surface area contributed by atoms with Gasteiger partial charge in [-0.25, -0.2) is 0 Å². The highest BCUT2D eigenvalue weighted by Crippen LogP contribution is 2.89. The zero-order chi connectivity index (χ0) is 39.1. The largest absolute Gasteiger partial charge is 0.310 e. The van der Waals surface area contributed by atoms with E-state index in [4.69, 9.17) is 0 Å². The molecule has 58 heavy (non-hydrogen) atoms. The minimum absolute atomic E-state index is 0.0786. The number of fused-ring (bicyclic) bond motifs is 12. The fraction of sp³-hybridized carbons (Fsp3) is 0.368. The molecule has 0 amide bonds. The number of hydrogen-bond donors (Lipinski definition) is 0. The Balaban J connectivity index is 1.05. The standard InChI is InChI=1S/C57H55N/c1-53(2)25-26-54(3,4)49-32-39(21-24-46(49)53)58(38-19-22-42-41-15-10-11-17-44(41)55(5,6)48(42)31-38)37-20-23-45-43(30-37)52-40(35-13-8-7-9-14-35)16-12-18-47(52)57(45)50-28-34-27-36-29-51(57)56(36,50)33-34/h7-24,30-32,34,36,50-51H,25-29,33H2,1-6H3. The van der Waals surface area contributed by atoms with Crippen LogP contribution in [0.15, 0.2) is 127 Å². The van der Waals surface area contributed by atoms with E-state index in [0.717, 1.165) is 23.7 Å². The maximum atomic E-state index is 2.63. The molecule has 6 unspecified atom stereocenters. The van der Waals surface area contributed by atoms with Crippen molar-refractivity contribution in [2.45, 2.75) is 102 Å². The van der Waals surface area contributed by atoms with Crippen molar-refractivity contribution in [3.8, 4) is 33.4 Å². The maximum Gasteiger partial charge on any atom is 0.0468 e. The molecule has 2 bridgehead atoms. The molecule has 6 aromatic carbocycles. The number of anilines is 3. The summed E-state index contributed by atoms with van der Waals surface area (Å²) in [5, 5.41) is 0. The normalized spacial score (nSPS) is 29.7. The first-order valence-electron chi connectivity index (χ1n) is 22.5. The molecule has 1 heteroatoms. The zero-order valence-corrected chi connectivity index (χ0v) is 35.1. The van der Waals surface area contributed by atoms with Gasteiger partial charge in [0.1, 0.15) is 0 Å². The molecule has 0 aliphatic heterocycles. The van der Waals surface area contributed by atoms with E-state index in [2.05, 4.69) is 174 Å². The quantitative estimate of drug-likeness (QED) is 0.173. The van der Waals surface area contributed by atoms with E-state index in [0.29, 0.717) is 5.41 Å². The lowest BCUT2D eigenvalue weighted by atomic mass is 9.27. The summed E-state index contributed by atoms with van der Waals surface area (Å²) in [5.41, 5.74) is 22.3. The Morgan fingerprint density at radius 3 is 1.88 bits per heavy atom. The highest BCUT2D eigenvalue weighted by Gasteiger charge is 2.84. The van der Waals surface area contributed by atoms with Gasteiger partial charge in [-0.05, 0) is 182 Å². The van der Waals surface area contributed by atoms with Gasteiger partial charge in [-0.15, -0.1) is 0 Å². The molecule has 13 rings (SSSR count). The number of nitrogens with zero attached hydrogens (tertiary/aromatic N) is 1. The molecule has 7 aliphatic rings. The number of benzene rings is 6. The second kappa shape index (κ2) is 10.8.